The van der Waals surface area contributed by atoms with E-state index >= 15 is 0 Å². The van der Waals surface area contributed by atoms with Gasteiger partial charge in [-0.25, -0.2) is 15.0 Å². The molecule has 3 aromatic heterocycles. The van der Waals surface area contributed by atoms with E-state index in [1.165, 1.54) is 5.56 Å². The van der Waals surface area contributed by atoms with Crippen LogP contribution in [0.3, 0.4) is 0 Å². The largest absolute Gasteiger partial charge is 0.379 e. The van der Waals surface area contributed by atoms with E-state index in [0.717, 1.165) is 61.0 Å². The third-order valence-electron chi connectivity index (χ3n) is 4.97. The number of ether oxygens (including phenoxy) is 1. The number of pyridine rings is 2. The summed E-state index contributed by atoms with van der Waals surface area (Å²) in [6, 6.07) is 6.45. The number of aromatic nitrogens is 4. The lowest BCUT2D eigenvalue weighted by molar-refractivity contribution is 0.0187. The molecule has 1 unspecified atom stereocenters. The lowest BCUT2D eigenvalue weighted by Crippen LogP contribution is -2.41. The van der Waals surface area contributed by atoms with Crippen LogP contribution in [0.15, 0.2) is 36.9 Å². The fourth-order valence-corrected chi connectivity index (χ4v) is 3.67. The minimum absolute atomic E-state index is 0.223. The fourth-order valence-electron chi connectivity index (χ4n) is 3.67. The van der Waals surface area contributed by atoms with Crippen molar-refractivity contribution >= 4 is 16.9 Å². The van der Waals surface area contributed by atoms with Gasteiger partial charge in [0.1, 0.15) is 12.1 Å². The van der Waals surface area contributed by atoms with Crippen LogP contribution in [0.5, 0.6) is 0 Å². The zero-order valence-corrected chi connectivity index (χ0v) is 15.7. The molecule has 0 spiro atoms. The molecule has 0 radical (unpaired) electrons. The Morgan fingerprint density at radius 2 is 1.93 bits per heavy atom. The molecule has 0 amide bonds. The zero-order chi connectivity index (χ0) is 18.6. The molecular weight excluding hydrogens is 340 g/mol. The molecule has 1 atom stereocenters. The van der Waals surface area contributed by atoms with Crippen molar-refractivity contribution in [2.24, 2.45) is 0 Å². The van der Waals surface area contributed by atoms with Gasteiger partial charge in [0.2, 0.25) is 0 Å². The molecule has 0 bridgehead atoms. The van der Waals surface area contributed by atoms with Gasteiger partial charge in [-0.15, -0.1) is 0 Å². The molecule has 140 valence electrons. The molecule has 1 fully saturated rings. The van der Waals surface area contributed by atoms with E-state index in [9.17, 15) is 0 Å². The maximum Gasteiger partial charge on any atom is 0.165 e. The van der Waals surface area contributed by atoms with Gasteiger partial charge in [0, 0.05) is 37.7 Å². The van der Waals surface area contributed by atoms with E-state index in [0.29, 0.717) is 0 Å². The standard InChI is InChI=1S/C20H24N6O/c1-14-11-15(2)25-20-18(14)19(23-13-24-20)22-12-17(16-3-5-21-6-4-16)26-7-9-27-10-8-26/h3-6,11,13,17H,7-10,12H2,1-2H3,(H,22,23,24,25). The highest BCUT2D eigenvalue weighted by Gasteiger charge is 2.23. The molecule has 7 heteroatoms. The Morgan fingerprint density at radius 1 is 1.15 bits per heavy atom. The molecule has 4 rings (SSSR count). The molecule has 27 heavy (non-hydrogen) atoms. The van der Waals surface area contributed by atoms with Crippen LogP contribution in [0.25, 0.3) is 11.0 Å². The number of nitrogens with one attached hydrogen (secondary N) is 1. The summed E-state index contributed by atoms with van der Waals surface area (Å²) in [5.74, 6) is 0.831. The number of rotatable bonds is 5. The van der Waals surface area contributed by atoms with E-state index < -0.39 is 0 Å². The third kappa shape index (κ3) is 3.89. The van der Waals surface area contributed by atoms with Crippen LogP contribution in [0.4, 0.5) is 5.82 Å². The Bertz CT molecular complexity index is 911. The van der Waals surface area contributed by atoms with Gasteiger partial charge in [-0.3, -0.25) is 9.88 Å². The van der Waals surface area contributed by atoms with Crippen molar-refractivity contribution in [3.8, 4) is 0 Å². The summed E-state index contributed by atoms with van der Waals surface area (Å²) in [4.78, 5) is 20.0. The number of fused-ring (bicyclic) bond motifs is 1. The molecule has 0 aliphatic carbocycles. The van der Waals surface area contributed by atoms with Crippen LogP contribution < -0.4 is 5.32 Å². The number of hydrogen-bond donors (Lipinski definition) is 1. The minimum Gasteiger partial charge on any atom is -0.379 e. The van der Waals surface area contributed by atoms with E-state index in [-0.39, 0.29) is 6.04 Å². The SMILES string of the molecule is Cc1cc(C)c2c(NCC(c3ccncc3)N3CCOCC3)ncnc2n1. The molecular formula is C20H24N6O. The van der Waals surface area contributed by atoms with Crippen molar-refractivity contribution in [2.45, 2.75) is 19.9 Å². The summed E-state index contributed by atoms with van der Waals surface area (Å²) in [6.45, 7) is 8.16. The smallest absolute Gasteiger partial charge is 0.165 e. The summed E-state index contributed by atoms with van der Waals surface area (Å²) in [5.41, 5.74) is 4.07. The van der Waals surface area contributed by atoms with Crippen molar-refractivity contribution in [3.63, 3.8) is 0 Å². The second-order valence-corrected chi connectivity index (χ2v) is 6.83. The van der Waals surface area contributed by atoms with Gasteiger partial charge in [0.15, 0.2) is 5.65 Å². The van der Waals surface area contributed by atoms with Crippen molar-refractivity contribution in [1.29, 1.82) is 0 Å². The molecule has 7 nitrogen and oxygen atoms in total. The van der Waals surface area contributed by atoms with Crippen LogP contribution in [-0.4, -0.2) is 57.7 Å². The molecule has 1 aliphatic rings. The summed E-state index contributed by atoms with van der Waals surface area (Å²) in [5, 5.41) is 4.53. The first-order chi connectivity index (χ1) is 13.2. The number of aryl methyl sites for hydroxylation is 2. The maximum absolute atomic E-state index is 5.53. The van der Waals surface area contributed by atoms with Crippen molar-refractivity contribution in [3.05, 3.63) is 53.7 Å². The Balaban J connectivity index is 1.62. The van der Waals surface area contributed by atoms with Gasteiger partial charge in [-0.05, 0) is 43.2 Å². The number of nitrogens with zero attached hydrogens (tertiary/aromatic N) is 5. The first-order valence-electron chi connectivity index (χ1n) is 9.27. The summed E-state index contributed by atoms with van der Waals surface area (Å²) in [6.07, 6.45) is 5.27. The molecule has 1 aliphatic heterocycles. The van der Waals surface area contributed by atoms with E-state index in [2.05, 4.69) is 55.3 Å². The number of hydrogen-bond acceptors (Lipinski definition) is 7. The average molecular weight is 364 g/mol. The molecule has 0 saturated carbocycles. The van der Waals surface area contributed by atoms with Crippen LogP contribution >= 0.6 is 0 Å². The predicted octanol–water partition coefficient (Wildman–Crippen LogP) is 2.52. The molecule has 1 saturated heterocycles. The van der Waals surface area contributed by atoms with Gasteiger partial charge < -0.3 is 10.1 Å². The van der Waals surface area contributed by atoms with Gasteiger partial charge in [0.25, 0.3) is 0 Å². The summed E-state index contributed by atoms with van der Waals surface area (Å²) in [7, 11) is 0. The third-order valence-corrected chi connectivity index (χ3v) is 4.97. The number of anilines is 1. The lowest BCUT2D eigenvalue weighted by atomic mass is 10.1. The highest BCUT2D eigenvalue weighted by atomic mass is 16.5. The first-order valence-corrected chi connectivity index (χ1v) is 9.27. The maximum atomic E-state index is 5.53. The Morgan fingerprint density at radius 3 is 2.70 bits per heavy atom. The van der Waals surface area contributed by atoms with Crippen LogP contribution in [0.1, 0.15) is 22.9 Å². The van der Waals surface area contributed by atoms with Crippen LogP contribution in [0.2, 0.25) is 0 Å². The summed E-state index contributed by atoms with van der Waals surface area (Å²) >= 11 is 0. The van der Waals surface area contributed by atoms with Gasteiger partial charge in [-0.2, -0.15) is 0 Å². The lowest BCUT2D eigenvalue weighted by Gasteiger charge is -2.35. The summed E-state index contributed by atoms with van der Waals surface area (Å²) < 4.78 is 5.53. The molecule has 1 N–H and O–H groups in total. The second kappa shape index (κ2) is 7.94. The van der Waals surface area contributed by atoms with Crippen molar-refractivity contribution in [2.75, 3.05) is 38.2 Å². The zero-order valence-electron chi connectivity index (χ0n) is 15.7. The predicted molar refractivity (Wildman–Crippen MR) is 105 cm³/mol. The first kappa shape index (κ1) is 17.8. The monoisotopic (exact) mass is 364 g/mol. The van der Waals surface area contributed by atoms with Gasteiger partial charge >= 0.3 is 0 Å². The Hall–Kier alpha value is -2.64. The second-order valence-electron chi connectivity index (χ2n) is 6.83. The fraction of sp³-hybridized carbons (Fsp3) is 0.400. The Labute approximate surface area is 158 Å². The molecule has 0 aromatic carbocycles. The molecule has 4 heterocycles. The minimum atomic E-state index is 0.223. The number of morpholine rings is 1. The topological polar surface area (TPSA) is 76.1 Å². The Kier molecular flexibility index (Phi) is 5.22. The highest BCUT2D eigenvalue weighted by Crippen LogP contribution is 2.26. The van der Waals surface area contributed by atoms with Crippen molar-refractivity contribution < 1.29 is 4.74 Å². The van der Waals surface area contributed by atoms with Gasteiger partial charge in [-0.1, -0.05) is 0 Å². The average Bonchev–Trinajstić information content (AvgIpc) is 2.69. The van der Waals surface area contributed by atoms with Gasteiger partial charge in [0.05, 0.1) is 24.6 Å². The normalized spacial score (nSPS) is 16.4. The van der Waals surface area contributed by atoms with E-state index in [4.69, 9.17) is 4.74 Å². The van der Waals surface area contributed by atoms with E-state index in [1.54, 1.807) is 6.33 Å². The van der Waals surface area contributed by atoms with Crippen molar-refractivity contribution in [1.82, 2.24) is 24.8 Å². The highest BCUT2D eigenvalue weighted by molar-refractivity contribution is 5.89. The molecule has 3 aromatic rings. The van der Waals surface area contributed by atoms with E-state index in [1.807, 2.05) is 19.3 Å². The van der Waals surface area contributed by atoms with Crippen LogP contribution in [0, 0.1) is 13.8 Å². The quantitative estimate of drug-likeness (QED) is 0.745. The van der Waals surface area contributed by atoms with Crippen LogP contribution in [-0.2, 0) is 4.74 Å².